The molecular formula is C12H18N2O2. The normalized spacial score (nSPS) is 12.0. The molecule has 0 fully saturated rings. The number of benzene rings is 1. The van der Waals surface area contributed by atoms with Crippen molar-refractivity contribution in [1.82, 2.24) is 5.32 Å². The number of carbonyl (C=O) groups excluding carboxylic acids is 1. The Morgan fingerprint density at radius 2 is 2.19 bits per heavy atom. The first-order valence-corrected chi connectivity index (χ1v) is 5.27. The standard InChI is InChI=1S/C12H18N2O2/c1-8-4-5-11(9(2)6-8)16-12(15)14-7-10(3)13/h4-6,10H,7,13H2,1-3H3,(H,14,15). The summed E-state index contributed by atoms with van der Waals surface area (Å²) in [6.07, 6.45) is -0.468. The molecule has 0 aliphatic heterocycles. The molecule has 4 nitrogen and oxygen atoms in total. The highest BCUT2D eigenvalue weighted by molar-refractivity contribution is 5.70. The Bertz CT molecular complexity index is 375. The highest BCUT2D eigenvalue weighted by Gasteiger charge is 2.07. The maximum absolute atomic E-state index is 11.4. The van der Waals surface area contributed by atoms with Gasteiger partial charge in [0.25, 0.3) is 0 Å². The molecule has 1 unspecified atom stereocenters. The number of hydrogen-bond acceptors (Lipinski definition) is 3. The van der Waals surface area contributed by atoms with E-state index in [1.807, 2.05) is 32.9 Å². The van der Waals surface area contributed by atoms with Crippen LogP contribution in [0.4, 0.5) is 4.79 Å². The van der Waals surface area contributed by atoms with Crippen molar-refractivity contribution < 1.29 is 9.53 Å². The number of nitrogens with two attached hydrogens (primary N) is 1. The molecule has 1 atom stereocenters. The molecule has 1 aromatic carbocycles. The van der Waals surface area contributed by atoms with Crippen LogP contribution in [0.3, 0.4) is 0 Å². The number of carbonyl (C=O) groups is 1. The summed E-state index contributed by atoms with van der Waals surface area (Å²) in [4.78, 5) is 11.4. The van der Waals surface area contributed by atoms with E-state index in [4.69, 9.17) is 10.5 Å². The summed E-state index contributed by atoms with van der Waals surface area (Å²) in [5.41, 5.74) is 7.59. The first-order valence-electron chi connectivity index (χ1n) is 5.27. The lowest BCUT2D eigenvalue weighted by atomic mass is 10.1. The van der Waals surface area contributed by atoms with E-state index >= 15 is 0 Å². The van der Waals surface area contributed by atoms with Crippen LogP contribution in [0.1, 0.15) is 18.1 Å². The third-order valence-electron chi connectivity index (χ3n) is 2.10. The monoisotopic (exact) mass is 222 g/mol. The van der Waals surface area contributed by atoms with Crippen molar-refractivity contribution in [3.05, 3.63) is 29.3 Å². The van der Waals surface area contributed by atoms with Crippen molar-refractivity contribution in [2.75, 3.05) is 6.54 Å². The Labute approximate surface area is 95.8 Å². The quantitative estimate of drug-likeness (QED) is 0.818. The van der Waals surface area contributed by atoms with Crippen molar-refractivity contribution in [1.29, 1.82) is 0 Å². The number of hydrogen-bond donors (Lipinski definition) is 2. The Balaban J connectivity index is 2.56. The summed E-state index contributed by atoms with van der Waals surface area (Å²) in [6, 6.07) is 5.58. The summed E-state index contributed by atoms with van der Waals surface area (Å²) >= 11 is 0. The predicted molar refractivity (Wildman–Crippen MR) is 63.6 cm³/mol. The average molecular weight is 222 g/mol. The van der Waals surface area contributed by atoms with E-state index < -0.39 is 6.09 Å². The van der Waals surface area contributed by atoms with Crippen LogP contribution in [0.25, 0.3) is 0 Å². The third-order valence-corrected chi connectivity index (χ3v) is 2.10. The van der Waals surface area contributed by atoms with E-state index in [0.717, 1.165) is 11.1 Å². The maximum atomic E-state index is 11.4. The smallest absolute Gasteiger partial charge is 0.410 e. The summed E-state index contributed by atoms with van der Waals surface area (Å²) in [5, 5.41) is 2.59. The molecule has 1 rings (SSSR count). The molecule has 16 heavy (non-hydrogen) atoms. The largest absolute Gasteiger partial charge is 0.412 e. The molecule has 88 valence electrons. The van der Waals surface area contributed by atoms with Gasteiger partial charge in [-0.15, -0.1) is 0 Å². The molecule has 0 saturated heterocycles. The van der Waals surface area contributed by atoms with Gasteiger partial charge < -0.3 is 15.8 Å². The van der Waals surface area contributed by atoms with E-state index in [1.54, 1.807) is 6.07 Å². The molecule has 0 saturated carbocycles. The Morgan fingerprint density at radius 1 is 1.50 bits per heavy atom. The van der Waals surface area contributed by atoms with Crippen LogP contribution >= 0.6 is 0 Å². The molecule has 0 radical (unpaired) electrons. The van der Waals surface area contributed by atoms with Gasteiger partial charge in [0.2, 0.25) is 0 Å². The van der Waals surface area contributed by atoms with Gasteiger partial charge in [0, 0.05) is 12.6 Å². The summed E-state index contributed by atoms with van der Waals surface area (Å²) < 4.78 is 5.14. The molecule has 0 spiro atoms. The van der Waals surface area contributed by atoms with Gasteiger partial charge in [-0.25, -0.2) is 4.79 Å². The van der Waals surface area contributed by atoms with Crippen LogP contribution in [0, 0.1) is 13.8 Å². The lowest BCUT2D eigenvalue weighted by Gasteiger charge is -2.10. The van der Waals surface area contributed by atoms with Crippen molar-refractivity contribution in [2.24, 2.45) is 5.73 Å². The molecule has 0 aliphatic carbocycles. The summed E-state index contributed by atoms with van der Waals surface area (Å²) in [6.45, 7) is 6.12. The van der Waals surface area contributed by atoms with E-state index in [9.17, 15) is 4.79 Å². The van der Waals surface area contributed by atoms with Crippen LogP contribution in [-0.2, 0) is 0 Å². The van der Waals surface area contributed by atoms with E-state index in [-0.39, 0.29) is 6.04 Å². The van der Waals surface area contributed by atoms with E-state index in [0.29, 0.717) is 12.3 Å². The number of ether oxygens (including phenoxy) is 1. The van der Waals surface area contributed by atoms with Crippen LogP contribution in [-0.4, -0.2) is 18.7 Å². The van der Waals surface area contributed by atoms with Crippen molar-refractivity contribution in [3.63, 3.8) is 0 Å². The fourth-order valence-electron chi connectivity index (χ4n) is 1.29. The highest BCUT2D eigenvalue weighted by atomic mass is 16.6. The lowest BCUT2D eigenvalue weighted by Crippen LogP contribution is -2.36. The number of rotatable bonds is 3. The molecule has 0 aromatic heterocycles. The number of aryl methyl sites for hydroxylation is 2. The van der Waals surface area contributed by atoms with Gasteiger partial charge in [0.05, 0.1) is 0 Å². The van der Waals surface area contributed by atoms with Crippen LogP contribution in [0.5, 0.6) is 5.75 Å². The first kappa shape index (κ1) is 12.5. The second-order valence-electron chi connectivity index (χ2n) is 4.02. The minimum Gasteiger partial charge on any atom is -0.410 e. The topological polar surface area (TPSA) is 64.3 Å². The zero-order chi connectivity index (χ0) is 12.1. The van der Waals surface area contributed by atoms with Gasteiger partial charge in [-0.1, -0.05) is 17.7 Å². The van der Waals surface area contributed by atoms with Crippen molar-refractivity contribution in [3.8, 4) is 5.75 Å². The van der Waals surface area contributed by atoms with Gasteiger partial charge in [-0.05, 0) is 32.4 Å². The number of nitrogens with one attached hydrogen (secondary N) is 1. The second-order valence-corrected chi connectivity index (χ2v) is 4.02. The lowest BCUT2D eigenvalue weighted by molar-refractivity contribution is 0.199. The van der Waals surface area contributed by atoms with Crippen LogP contribution in [0.2, 0.25) is 0 Å². The van der Waals surface area contributed by atoms with Gasteiger partial charge >= 0.3 is 6.09 Å². The third kappa shape index (κ3) is 3.90. The Hall–Kier alpha value is -1.55. The minimum absolute atomic E-state index is 0.0772. The predicted octanol–water partition coefficient (Wildman–Crippen LogP) is 1.74. The molecular weight excluding hydrogens is 204 g/mol. The zero-order valence-corrected chi connectivity index (χ0v) is 9.91. The van der Waals surface area contributed by atoms with Gasteiger partial charge in [0.1, 0.15) is 5.75 Å². The van der Waals surface area contributed by atoms with Crippen molar-refractivity contribution >= 4 is 6.09 Å². The minimum atomic E-state index is -0.468. The van der Waals surface area contributed by atoms with Crippen LogP contribution in [0.15, 0.2) is 18.2 Å². The molecule has 0 heterocycles. The number of amides is 1. The van der Waals surface area contributed by atoms with E-state index in [2.05, 4.69) is 5.32 Å². The van der Waals surface area contributed by atoms with Gasteiger partial charge in [-0.3, -0.25) is 0 Å². The fraction of sp³-hybridized carbons (Fsp3) is 0.417. The molecule has 4 heteroatoms. The molecule has 0 bridgehead atoms. The molecule has 1 amide bonds. The molecule has 0 aliphatic rings. The second kappa shape index (κ2) is 5.51. The maximum Gasteiger partial charge on any atom is 0.412 e. The van der Waals surface area contributed by atoms with Crippen LogP contribution < -0.4 is 15.8 Å². The molecule has 1 aromatic rings. The average Bonchev–Trinajstić information content (AvgIpc) is 2.19. The highest BCUT2D eigenvalue weighted by Crippen LogP contribution is 2.18. The van der Waals surface area contributed by atoms with E-state index in [1.165, 1.54) is 0 Å². The summed E-state index contributed by atoms with van der Waals surface area (Å²) in [7, 11) is 0. The first-order chi connectivity index (χ1) is 7.49. The Morgan fingerprint density at radius 3 is 2.75 bits per heavy atom. The Kier molecular flexibility index (Phi) is 4.31. The SMILES string of the molecule is Cc1ccc(OC(=O)NCC(C)N)c(C)c1. The zero-order valence-electron chi connectivity index (χ0n) is 9.91. The van der Waals surface area contributed by atoms with Crippen molar-refractivity contribution in [2.45, 2.75) is 26.8 Å². The molecule has 3 N–H and O–H groups in total. The summed E-state index contributed by atoms with van der Waals surface area (Å²) in [5.74, 6) is 0.577. The van der Waals surface area contributed by atoms with Gasteiger partial charge in [-0.2, -0.15) is 0 Å². The fourth-order valence-corrected chi connectivity index (χ4v) is 1.29. The van der Waals surface area contributed by atoms with Gasteiger partial charge in [0.15, 0.2) is 0 Å².